The van der Waals surface area contributed by atoms with Crippen LogP contribution in [0.2, 0.25) is 10.0 Å². The Bertz CT molecular complexity index is 1190. The molecule has 0 aliphatic carbocycles. The largest absolute Gasteiger partial charge is 0.488 e. The minimum Gasteiger partial charge on any atom is -0.488 e. The predicted molar refractivity (Wildman–Crippen MR) is 107 cm³/mol. The Morgan fingerprint density at radius 3 is 2.54 bits per heavy atom. The number of fused-ring (bicyclic) bond motifs is 1. The van der Waals surface area contributed by atoms with Crippen LogP contribution >= 0.6 is 23.2 Å². The lowest BCUT2D eigenvalue weighted by atomic mass is 10.2. The maximum absolute atomic E-state index is 12.4. The van der Waals surface area contributed by atoms with Crippen molar-refractivity contribution in [3.05, 3.63) is 56.5 Å². The molecule has 0 amide bonds. The Morgan fingerprint density at radius 1 is 1.21 bits per heavy atom. The van der Waals surface area contributed by atoms with Gasteiger partial charge >= 0.3 is 5.76 Å². The highest BCUT2D eigenvalue weighted by Gasteiger charge is 2.15. The number of H-pyrrole nitrogens is 1. The van der Waals surface area contributed by atoms with Gasteiger partial charge in [-0.05, 0) is 43.7 Å². The van der Waals surface area contributed by atoms with Crippen LogP contribution < -0.4 is 15.3 Å². The average molecular weight is 444 g/mol. The number of halogens is 2. The summed E-state index contributed by atoms with van der Waals surface area (Å²) in [5.41, 5.74) is 0.984. The van der Waals surface area contributed by atoms with Crippen molar-refractivity contribution < 1.29 is 17.6 Å². The third-order valence-electron chi connectivity index (χ3n) is 3.46. The number of oxazole rings is 1. The topological polar surface area (TPSA) is 114 Å². The Labute approximate surface area is 170 Å². The van der Waals surface area contributed by atoms with E-state index < -0.39 is 15.8 Å². The summed E-state index contributed by atoms with van der Waals surface area (Å²) in [6.07, 6.45) is 1.15. The first-order chi connectivity index (χ1) is 13.2. The van der Waals surface area contributed by atoms with Gasteiger partial charge in [0.15, 0.2) is 11.3 Å². The number of nitrogens with one attached hydrogen (secondary N) is 2. The van der Waals surface area contributed by atoms with E-state index in [1.807, 2.05) is 13.8 Å². The lowest BCUT2D eigenvalue weighted by Gasteiger charge is -2.13. The maximum atomic E-state index is 12.4. The van der Waals surface area contributed by atoms with Crippen molar-refractivity contribution in [1.29, 1.82) is 0 Å². The molecule has 28 heavy (non-hydrogen) atoms. The molecule has 8 nitrogen and oxygen atoms in total. The molecule has 0 atom stereocenters. The molecule has 0 bridgehead atoms. The number of ether oxygens (including phenoxy) is 1. The molecule has 0 radical (unpaired) electrons. The summed E-state index contributed by atoms with van der Waals surface area (Å²) in [5.74, 6) is -0.327. The Kier molecular flexibility index (Phi) is 5.69. The normalized spacial score (nSPS) is 12.2. The number of rotatable bonds is 6. The first-order valence-electron chi connectivity index (χ1n) is 7.99. The molecular formula is C17H15Cl2N3O5S. The Balaban J connectivity index is 1.79. The molecule has 0 unspecified atom stereocenters. The van der Waals surface area contributed by atoms with Gasteiger partial charge in [0.25, 0.3) is 10.0 Å². The van der Waals surface area contributed by atoms with Gasteiger partial charge in [0.05, 0.1) is 32.8 Å². The number of nitrogens with zero attached hydrogens (tertiary/aromatic N) is 1. The number of hydrazone groups is 1. The summed E-state index contributed by atoms with van der Waals surface area (Å²) in [6.45, 7) is 3.68. The van der Waals surface area contributed by atoms with E-state index in [0.29, 0.717) is 16.8 Å². The van der Waals surface area contributed by atoms with Crippen LogP contribution in [0.15, 0.2) is 49.5 Å². The van der Waals surface area contributed by atoms with Crippen LogP contribution in [-0.4, -0.2) is 25.7 Å². The standard InChI is InChI=1S/C17H15Cl2N3O5S/c1-9(2)26-16-12(18)5-10(6-13(16)19)8-20-22-28(24,25)11-3-4-14-15(7-11)27-17(23)21-14/h3-9,22H,1-2H3,(H,21,23)/b20-8+. The van der Waals surface area contributed by atoms with Gasteiger partial charge in [0, 0.05) is 6.07 Å². The van der Waals surface area contributed by atoms with Gasteiger partial charge in [-0.15, -0.1) is 0 Å². The molecule has 0 aliphatic heterocycles. The molecule has 0 fully saturated rings. The van der Waals surface area contributed by atoms with Crippen molar-refractivity contribution in [2.45, 2.75) is 24.8 Å². The Morgan fingerprint density at radius 2 is 1.89 bits per heavy atom. The van der Waals surface area contributed by atoms with Gasteiger partial charge in [-0.2, -0.15) is 13.5 Å². The second-order valence-corrected chi connectivity index (χ2v) is 8.48. The second-order valence-electron chi connectivity index (χ2n) is 6.01. The van der Waals surface area contributed by atoms with Crippen molar-refractivity contribution in [3.8, 4) is 5.75 Å². The molecule has 1 heterocycles. The molecule has 11 heteroatoms. The SMILES string of the molecule is CC(C)Oc1c(Cl)cc(/C=N/NS(=O)(=O)c2ccc3[nH]c(=O)oc3c2)cc1Cl. The minimum atomic E-state index is -3.97. The van der Waals surface area contributed by atoms with Crippen LogP contribution in [-0.2, 0) is 10.0 Å². The van der Waals surface area contributed by atoms with Gasteiger partial charge in [-0.25, -0.2) is 9.63 Å². The fourth-order valence-electron chi connectivity index (χ4n) is 2.32. The number of benzene rings is 2. The fourth-order valence-corrected chi connectivity index (χ4v) is 3.72. The summed E-state index contributed by atoms with van der Waals surface area (Å²) in [7, 11) is -3.97. The zero-order valence-electron chi connectivity index (χ0n) is 14.7. The van der Waals surface area contributed by atoms with Crippen molar-refractivity contribution in [2.75, 3.05) is 0 Å². The number of hydrogen-bond donors (Lipinski definition) is 2. The van der Waals surface area contributed by atoms with E-state index in [0.717, 1.165) is 0 Å². The first-order valence-corrected chi connectivity index (χ1v) is 10.2. The maximum Gasteiger partial charge on any atom is 0.417 e. The van der Waals surface area contributed by atoms with E-state index in [1.54, 1.807) is 12.1 Å². The minimum absolute atomic E-state index is 0.108. The van der Waals surface area contributed by atoms with Gasteiger partial charge in [-0.3, -0.25) is 4.98 Å². The van der Waals surface area contributed by atoms with E-state index in [-0.39, 0.29) is 26.6 Å². The lowest BCUT2D eigenvalue weighted by Crippen LogP contribution is -2.18. The molecule has 2 aromatic carbocycles. The Hall–Kier alpha value is -2.49. The molecule has 3 rings (SSSR count). The zero-order valence-corrected chi connectivity index (χ0v) is 17.0. The number of hydrogen-bond acceptors (Lipinski definition) is 6. The molecule has 148 valence electrons. The highest BCUT2D eigenvalue weighted by atomic mass is 35.5. The molecule has 0 spiro atoms. The molecule has 3 aromatic rings. The van der Waals surface area contributed by atoms with Crippen molar-refractivity contribution >= 4 is 50.5 Å². The monoisotopic (exact) mass is 443 g/mol. The van der Waals surface area contributed by atoms with E-state index in [2.05, 4.69) is 14.9 Å². The van der Waals surface area contributed by atoms with Gasteiger partial charge in [0.1, 0.15) is 0 Å². The summed E-state index contributed by atoms with van der Waals surface area (Å²) in [6, 6.07) is 7.05. The van der Waals surface area contributed by atoms with E-state index in [9.17, 15) is 13.2 Å². The van der Waals surface area contributed by atoms with Gasteiger partial charge in [-0.1, -0.05) is 23.2 Å². The predicted octanol–water partition coefficient (Wildman–Crippen LogP) is 3.53. The highest BCUT2D eigenvalue weighted by Crippen LogP contribution is 2.34. The number of aromatic nitrogens is 1. The summed E-state index contributed by atoms with van der Waals surface area (Å²) in [4.78, 5) is 15.6. The van der Waals surface area contributed by atoms with Crippen LogP contribution in [0.4, 0.5) is 0 Å². The summed E-state index contributed by atoms with van der Waals surface area (Å²) in [5, 5.41) is 4.28. The molecule has 1 aromatic heterocycles. The van der Waals surface area contributed by atoms with Crippen molar-refractivity contribution in [2.24, 2.45) is 5.10 Å². The zero-order chi connectivity index (χ0) is 20.5. The van der Waals surface area contributed by atoms with Crippen LogP contribution in [0.1, 0.15) is 19.4 Å². The first kappa shape index (κ1) is 20.2. The molecule has 2 N–H and O–H groups in total. The van der Waals surface area contributed by atoms with Crippen LogP contribution in [0.25, 0.3) is 11.1 Å². The van der Waals surface area contributed by atoms with E-state index >= 15 is 0 Å². The van der Waals surface area contributed by atoms with Crippen LogP contribution in [0.3, 0.4) is 0 Å². The third kappa shape index (κ3) is 4.49. The number of aromatic amines is 1. The quantitative estimate of drug-likeness (QED) is 0.446. The van der Waals surface area contributed by atoms with Crippen molar-refractivity contribution in [3.63, 3.8) is 0 Å². The average Bonchev–Trinajstić information content (AvgIpc) is 2.97. The molecule has 0 aliphatic rings. The van der Waals surface area contributed by atoms with Gasteiger partial charge < -0.3 is 9.15 Å². The third-order valence-corrected chi connectivity index (χ3v) is 5.25. The summed E-state index contributed by atoms with van der Waals surface area (Å²) < 4.78 is 35.1. The van der Waals surface area contributed by atoms with Gasteiger partial charge in [0.2, 0.25) is 0 Å². The van der Waals surface area contributed by atoms with E-state index in [1.165, 1.54) is 24.4 Å². The highest BCUT2D eigenvalue weighted by molar-refractivity contribution is 7.89. The van der Waals surface area contributed by atoms with Crippen LogP contribution in [0, 0.1) is 0 Å². The summed E-state index contributed by atoms with van der Waals surface area (Å²) >= 11 is 12.3. The lowest BCUT2D eigenvalue weighted by molar-refractivity contribution is 0.243. The van der Waals surface area contributed by atoms with Crippen molar-refractivity contribution in [1.82, 2.24) is 9.82 Å². The van der Waals surface area contributed by atoms with E-state index in [4.69, 9.17) is 32.4 Å². The molecule has 0 saturated heterocycles. The fraction of sp³-hybridized carbons (Fsp3) is 0.176. The smallest absolute Gasteiger partial charge is 0.417 e. The number of sulfonamides is 1. The molecular weight excluding hydrogens is 429 g/mol. The van der Waals surface area contributed by atoms with Crippen LogP contribution in [0.5, 0.6) is 5.75 Å². The molecule has 0 saturated carbocycles. The second kappa shape index (κ2) is 7.86.